The van der Waals surface area contributed by atoms with E-state index in [0.717, 1.165) is 24.8 Å². The molecule has 0 spiro atoms. The van der Waals surface area contributed by atoms with Gasteiger partial charge in [0.2, 0.25) is 5.91 Å². The van der Waals surface area contributed by atoms with E-state index in [4.69, 9.17) is 22.7 Å². The number of thiocarbonyl (C=S) groups is 1. The van der Waals surface area contributed by atoms with E-state index in [1.165, 1.54) is 0 Å². The van der Waals surface area contributed by atoms with Crippen LogP contribution >= 0.6 is 12.2 Å². The highest BCUT2D eigenvalue weighted by molar-refractivity contribution is 7.80. The normalized spacial score (nSPS) is 29.1. The molecular weight excluding hydrogens is 272 g/mol. The lowest BCUT2D eigenvalue weighted by molar-refractivity contribution is -0.122. The van der Waals surface area contributed by atoms with Crippen LogP contribution in [0, 0.1) is 0 Å². The number of amides is 1. The molecule has 3 rings (SSSR count). The predicted molar refractivity (Wildman–Crippen MR) is 80.4 cm³/mol. The Morgan fingerprint density at radius 1 is 1.35 bits per heavy atom. The lowest BCUT2D eigenvalue weighted by Crippen LogP contribution is -2.45. The first-order chi connectivity index (χ1) is 9.65. The number of benzene rings is 1. The maximum Gasteiger partial charge on any atom is 0.234 e. The van der Waals surface area contributed by atoms with E-state index in [2.05, 4.69) is 5.32 Å². The van der Waals surface area contributed by atoms with Crippen molar-refractivity contribution in [2.45, 2.75) is 43.4 Å². The summed E-state index contributed by atoms with van der Waals surface area (Å²) in [5.41, 5.74) is 6.59. The van der Waals surface area contributed by atoms with Crippen LogP contribution in [0.15, 0.2) is 30.3 Å². The van der Waals surface area contributed by atoms with Crippen molar-refractivity contribution in [2.24, 2.45) is 5.73 Å². The van der Waals surface area contributed by atoms with Crippen molar-refractivity contribution in [3.63, 3.8) is 0 Å². The van der Waals surface area contributed by atoms with Crippen LogP contribution in [0.1, 0.15) is 30.7 Å². The molecule has 2 heterocycles. The maximum absolute atomic E-state index is 12.5. The van der Waals surface area contributed by atoms with Crippen molar-refractivity contribution in [1.82, 2.24) is 5.32 Å². The van der Waals surface area contributed by atoms with Gasteiger partial charge in [-0.2, -0.15) is 0 Å². The van der Waals surface area contributed by atoms with Crippen LogP contribution in [0.5, 0.6) is 0 Å². The number of fused-ring (bicyclic) bond motifs is 2. The van der Waals surface area contributed by atoms with Crippen LogP contribution in [0.4, 0.5) is 0 Å². The van der Waals surface area contributed by atoms with E-state index in [9.17, 15) is 4.79 Å². The smallest absolute Gasteiger partial charge is 0.234 e. The summed E-state index contributed by atoms with van der Waals surface area (Å²) in [5, 5.41) is 3.06. The van der Waals surface area contributed by atoms with Gasteiger partial charge in [0.15, 0.2) is 0 Å². The third-order valence-electron chi connectivity index (χ3n) is 4.11. The first-order valence-corrected chi connectivity index (χ1v) is 7.36. The zero-order valence-electron chi connectivity index (χ0n) is 11.1. The Morgan fingerprint density at radius 2 is 2.10 bits per heavy atom. The summed E-state index contributed by atoms with van der Waals surface area (Å²) in [6.07, 6.45) is 3.50. The standard InChI is InChI=1S/C15H18N2O2S/c16-14(20)13(9-4-2-1-3-5-9)15(18)17-11-8-10-6-7-12(11)19-10/h1-5,10-13H,6-8H2,(H2,16,20)(H,17,18). The fraction of sp³-hybridized carbons (Fsp3) is 0.467. The zero-order valence-corrected chi connectivity index (χ0v) is 11.9. The van der Waals surface area contributed by atoms with Crippen molar-refractivity contribution in [2.75, 3.05) is 0 Å². The van der Waals surface area contributed by atoms with Crippen molar-refractivity contribution >= 4 is 23.1 Å². The minimum atomic E-state index is -0.565. The Morgan fingerprint density at radius 3 is 2.65 bits per heavy atom. The van der Waals surface area contributed by atoms with Gasteiger partial charge in [-0.25, -0.2) is 0 Å². The molecule has 0 aliphatic carbocycles. The fourth-order valence-electron chi connectivity index (χ4n) is 3.15. The highest BCUT2D eigenvalue weighted by Gasteiger charge is 2.42. The van der Waals surface area contributed by atoms with E-state index in [1.807, 2.05) is 30.3 Å². The summed E-state index contributed by atoms with van der Waals surface area (Å²) in [5.74, 6) is -0.685. The SMILES string of the molecule is NC(=S)C(C(=O)NC1CC2CCC1O2)c1ccccc1. The fourth-order valence-corrected chi connectivity index (χ4v) is 3.39. The predicted octanol–water partition coefficient (Wildman–Crippen LogP) is 1.49. The van der Waals surface area contributed by atoms with Crippen LogP contribution in [0.25, 0.3) is 0 Å². The van der Waals surface area contributed by atoms with Crippen molar-refractivity contribution < 1.29 is 9.53 Å². The second kappa shape index (κ2) is 5.50. The second-order valence-corrected chi connectivity index (χ2v) is 5.94. The number of nitrogens with two attached hydrogens (primary N) is 1. The first kappa shape index (κ1) is 13.5. The van der Waals surface area contributed by atoms with Gasteiger partial charge in [0.25, 0.3) is 0 Å². The number of hydrogen-bond acceptors (Lipinski definition) is 3. The zero-order chi connectivity index (χ0) is 14.1. The number of hydrogen-bond donors (Lipinski definition) is 2. The molecule has 2 aliphatic heterocycles. The molecule has 20 heavy (non-hydrogen) atoms. The molecule has 4 nitrogen and oxygen atoms in total. The van der Waals surface area contributed by atoms with Gasteiger partial charge in [-0.05, 0) is 24.8 Å². The van der Waals surface area contributed by atoms with Crippen LogP contribution in [-0.4, -0.2) is 29.1 Å². The minimum absolute atomic E-state index is 0.0989. The minimum Gasteiger partial charge on any atom is -0.392 e. The van der Waals surface area contributed by atoms with E-state index in [-0.39, 0.29) is 23.0 Å². The van der Waals surface area contributed by atoms with E-state index >= 15 is 0 Å². The third kappa shape index (κ3) is 2.55. The average molecular weight is 290 g/mol. The monoisotopic (exact) mass is 290 g/mol. The molecule has 4 unspecified atom stereocenters. The number of nitrogens with one attached hydrogen (secondary N) is 1. The van der Waals surface area contributed by atoms with Crippen LogP contribution < -0.4 is 11.1 Å². The Balaban J connectivity index is 1.72. The second-order valence-electron chi connectivity index (χ2n) is 5.47. The van der Waals surface area contributed by atoms with Gasteiger partial charge in [-0.3, -0.25) is 4.79 Å². The summed E-state index contributed by atoms with van der Waals surface area (Å²) in [4.78, 5) is 12.7. The molecule has 0 radical (unpaired) electrons. The van der Waals surface area contributed by atoms with Gasteiger partial charge in [0, 0.05) is 0 Å². The lowest BCUT2D eigenvalue weighted by Gasteiger charge is -2.23. The summed E-state index contributed by atoms with van der Waals surface area (Å²) >= 11 is 5.07. The van der Waals surface area contributed by atoms with Gasteiger partial charge >= 0.3 is 0 Å². The first-order valence-electron chi connectivity index (χ1n) is 6.95. The van der Waals surface area contributed by atoms with Gasteiger partial charge in [0.05, 0.1) is 23.2 Å². The Kier molecular flexibility index (Phi) is 3.72. The molecule has 1 aromatic carbocycles. The Hall–Kier alpha value is -1.46. The summed E-state index contributed by atoms with van der Waals surface area (Å²) < 4.78 is 5.75. The summed E-state index contributed by atoms with van der Waals surface area (Å²) in [7, 11) is 0. The van der Waals surface area contributed by atoms with E-state index < -0.39 is 5.92 Å². The largest absolute Gasteiger partial charge is 0.392 e. The Labute approximate surface area is 123 Å². The number of carbonyl (C=O) groups excluding carboxylic acids is 1. The molecular formula is C15H18N2O2S. The molecule has 106 valence electrons. The van der Waals surface area contributed by atoms with Crippen molar-refractivity contribution in [1.29, 1.82) is 0 Å². The topological polar surface area (TPSA) is 64.4 Å². The molecule has 4 atom stereocenters. The molecule has 1 aromatic rings. The maximum atomic E-state index is 12.5. The van der Waals surface area contributed by atoms with Gasteiger partial charge < -0.3 is 15.8 Å². The summed E-state index contributed by atoms with van der Waals surface area (Å²) in [6, 6.07) is 9.52. The molecule has 2 fully saturated rings. The molecule has 0 saturated carbocycles. The average Bonchev–Trinajstić information content (AvgIpc) is 3.02. The number of rotatable bonds is 4. The van der Waals surface area contributed by atoms with Crippen LogP contribution in [0.3, 0.4) is 0 Å². The molecule has 2 bridgehead atoms. The van der Waals surface area contributed by atoms with Gasteiger partial charge in [0.1, 0.15) is 5.92 Å². The molecule has 0 aromatic heterocycles. The molecule has 3 N–H and O–H groups in total. The Bertz CT molecular complexity index is 520. The van der Waals surface area contributed by atoms with E-state index in [0.29, 0.717) is 6.10 Å². The van der Waals surface area contributed by atoms with Gasteiger partial charge in [-0.15, -0.1) is 0 Å². The quantitative estimate of drug-likeness (QED) is 0.825. The van der Waals surface area contributed by atoms with Crippen molar-refractivity contribution in [3.05, 3.63) is 35.9 Å². The molecule has 5 heteroatoms. The van der Waals surface area contributed by atoms with Gasteiger partial charge in [-0.1, -0.05) is 42.5 Å². The lowest BCUT2D eigenvalue weighted by atomic mass is 9.93. The third-order valence-corrected chi connectivity index (χ3v) is 4.35. The van der Waals surface area contributed by atoms with E-state index in [1.54, 1.807) is 0 Å². The molecule has 1 amide bonds. The number of ether oxygens (including phenoxy) is 1. The van der Waals surface area contributed by atoms with Crippen LogP contribution in [-0.2, 0) is 9.53 Å². The highest BCUT2D eigenvalue weighted by Crippen LogP contribution is 2.34. The summed E-state index contributed by atoms with van der Waals surface area (Å²) in [6.45, 7) is 0. The van der Waals surface area contributed by atoms with Crippen molar-refractivity contribution in [3.8, 4) is 0 Å². The molecule has 2 aliphatic rings. The van der Waals surface area contributed by atoms with Crippen LogP contribution in [0.2, 0.25) is 0 Å². The molecule has 2 saturated heterocycles. The highest BCUT2D eigenvalue weighted by atomic mass is 32.1. The number of carbonyl (C=O) groups is 1.